The van der Waals surface area contributed by atoms with Crippen LogP contribution in [-0.4, -0.2) is 44.9 Å². The van der Waals surface area contributed by atoms with Crippen LogP contribution in [0.1, 0.15) is 29.8 Å². The topological polar surface area (TPSA) is 84.9 Å². The zero-order chi connectivity index (χ0) is 21.0. The zero-order valence-electron chi connectivity index (χ0n) is 16.3. The summed E-state index contributed by atoms with van der Waals surface area (Å²) in [5.74, 6) is -0.386. The van der Waals surface area contributed by atoms with E-state index in [0.717, 1.165) is 12.1 Å². The molecule has 0 aliphatic carbocycles. The van der Waals surface area contributed by atoms with Crippen molar-refractivity contribution >= 4 is 15.9 Å². The fourth-order valence-corrected chi connectivity index (χ4v) is 4.58. The molecule has 1 aliphatic heterocycles. The molecule has 0 fully saturated rings. The molecule has 0 atom stereocenters. The Bertz CT molecular complexity index is 1010. The van der Waals surface area contributed by atoms with E-state index in [1.807, 2.05) is 0 Å². The molecule has 1 amide bonds. The predicted molar refractivity (Wildman–Crippen MR) is 105 cm³/mol. The number of para-hydroxylation sites is 1. The number of ether oxygens (including phenoxy) is 2. The van der Waals surface area contributed by atoms with Gasteiger partial charge in [0.05, 0.1) is 10.5 Å². The molecule has 29 heavy (non-hydrogen) atoms. The molecule has 0 radical (unpaired) electrons. The van der Waals surface area contributed by atoms with E-state index in [1.165, 1.54) is 10.4 Å². The highest BCUT2D eigenvalue weighted by molar-refractivity contribution is 7.89. The minimum Gasteiger partial charge on any atom is -0.486 e. The maximum Gasteiger partial charge on any atom is 0.254 e. The molecular formula is C20H23FN2O5S. The Labute approximate surface area is 169 Å². The smallest absolute Gasteiger partial charge is 0.254 e. The average Bonchev–Trinajstić information content (AvgIpc) is 2.72. The number of benzene rings is 2. The summed E-state index contributed by atoms with van der Waals surface area (Å²) < 4.78 is 51.9. The van der Waals surface area contributed by atoms with E-state index in [1.54, 1.807) is 32.0 Å². The summed E-state index contributed by atoms with van der Waals surface area (Å²) in [5, 5.41) is 2.62. The second-order valence-corrected chi connectivity index (χ2v) is 8.29. The molecule has 2 aromatic carbocycles. The van der Waals surface area contributed by atoms with E-state index in [4.69, 9.17) is 9.47 Å². The van der Waals surface area contributed by atoms with Crippen LogP contribution < -0.4 is 14.8 Å². The van der Waals surface area contributed by atoms with Crippen molar-refractivity contribution in [3.05, 3.63) is 53.3 Å². The van der Waals surface area contributed by atoms with Crippen molar-refractivity contribution in [1.29, 1.82) is 0 Å². The highest BCUT2D eigenvalue weighted by Gasteiger charge is 2.24. The molecule has 0 bridgehead atoms. The zero-order valence-corrected chi connectivity index (χ0v) is 17.1. The van der Waals surface area contributed by atoms with Crippen LogP contribution in [0.3, 0.4) is 0 Å². The minimum atomic E-state index is -3.80. The number of carbonyl (C=O) groups excluding carboxylic acids is 1. The summed E-state index contributed by atoms with van der Waals surface area (Å²) >= 11 is 0. The maximum absolute atomic E-state index is 14.3. The third kappa shape index (κ3) is 4.35. The highest BCUT2D eigenvalue weighted by Crippen LogP contribution is 2.33. The van der Waals surface area contributed by atoms with Crippen molar-refractivity contribution in [2.24, 2.45) is 0 Å². The summed E-state index contributed by atoms with van der Waals surface area (Å²) in [7, 11) is -3.80. The van der Waals surface area contributed by atoms with Gasteiger partial charge >= 0.3 is 0 Å². The molecule has 1 heterocycles. The van der Waals surface area contributed by atoms with Crippen molar-refractivity contribution in [2.75, 3.05) is 26.3 Å². The molecule has 0 unspecified atom stereocenters. The van der Waals surface area contributed by atoms with Gasteiger partial charge in [0, 0.05) is 25.2 Å². The van der Waals surface area contributed by atoms with E-state index in [2.05, 4.69) is 5.32 Å². The standard InChI is InChI=1S/C20H23FN2O5S/c1-3-23(4-2)29(25,26)15-8-9-17(21)16(12-15)20(24)22-13-14-6-5-7-18-19(14)28-11-10-27-18/h5-9,12H,3-4,10-11,13H2,1-2H3,(H,22,24). The number of nitrogens with one attached hydrogen (secondary N) is 1. The van der Waals surface area contributed by atoms with Crippen LogP contribution in [0, 0.1) is 5.82 Å². The van der Waals surface area contributed by atoms with Gasteiger partial charge in [-0.1, -0.05) is 26.0 Å². The lowest BCUT2D eigenvalue weighted by molar-refractivity contribution is 0.0945. The predicted octanol–water partition coefficient (Wildman–Crippen LogP) is 2.56. The number of fused-ring (bicyclic) bond motifs is 1. The van der Waals surface area contributed by atoms with Gasteiger partial charge in [-0.2, -0.15) is 4.31 Å². The third-order valence-electron chi connectivity index (χ3n) is 4.61. The number of hydrogen-bond donors (Lipinski definition) is 1. The molecule has 1 N–H and O–H groups in total. The van der Waals surface area contributed by atoms with Crippen LogP contribution in [0.2, 0.25) is 0 Å². The van der Waals surface area contributed by atoms with Crippen LogP contribution in [0.4, 0.5) is 4.39 Å². The van der Waals surface area contributed by atoms with Gasteiger partial charge in [-0.05, 0) is 24.3 Å². The molecule has 2 aromatic rings. The number of sulfonamides is 1. The monoisotopic (exact) mass is 422 g/mol. The van der Waals surface area contributed by atoms with Crippen LogP contribution >= 0.6 is 0 Å². The fraction of sp³-hybridized carbons (Fsp3) is 0.350. The van der Waals surface area contributed by atoms with Gasteiger partial charge < -0.3 is 14.8 Å². The first-order valence-electron chi connectivity index (χ1n) is 9.33. The lowest BCUT2D eigenvalue weighted by Gasteiger charge is -2.21. The van der Waals surface area contributed by atoms with Gasteiger partial charge in [0.1, 0.15) is 19.0 Å². The van der Waals surface area contributed by atoms with Crippen molar-refractivity contribution in [1.82, 2.24) is 9.62 Å². The molecule has 9 heteroatoms. The first kappa shape index (κ1) is 21.1. The molecule has 0 spiro atoms. The molecular weight excluding hydrogens is 399 g/mol. The largest absolute Gasteiger partial charge is 0.486 e. The molecule has 7 nitrogen and oxygen atoms in total. The number of rotatable bonds is 7. The summed E-state index contributed by atoms with van der Waals surface area (Å²) in [4.78, 5) is 12.4. The summed E-state index contributed by atoms with van der Waals surface area (Å²) in [6.07, 6.45) is 0. The summed E-state index contributed by atoms with van der Waals surface area (Å²) in [6.45, 7) is 4.91. The second kappa shape index (κ2) is 8.79. The molecule has 0 saturated carbocycles. The van der Waals surface area contributed by atoms with Crippen LogP contribution in [0.5, 0.6) is 11.5 Å². The van der Waals surface area contributed by atoms with Gasteiger partial charge in [-0.15, -0.1) is 0 Å². The Hall–Kier alpha value is -2.65. The van der Waals surface area contributed by atoms with Gasteiger partial charge in [-0.3, -0.25) is 4.79 Å². The number of carbonyl (C=O) groups is 1. The van der Waals surface area contributed by atoms with Gasteiger partial charge in [0.15, 0.2) is 11.5 Å². The van der Waals surface area contributed by atoms with Crippen molar-refractivity contribution in [3.8, 4) is 11.5 Å². The maximum atomic E-state index is 14.3. The normalized spacial score (nSPS) is 13.4. The van der Waals surface area contributed by atoms with Gasteiger partial charge in [0.2, 0.25) is 10.0 Å². The molecule has 0 aromatic heterocycles. The van der Waals surface area contributed by atoms with E-state index < -0.39 is 21.7 Å². The Kier molecular flexibility index (Phi) is 6.39. The lowest BCUT2D eigenvalue weighted by atomic mass is 10.1. The van der Waals surface area contributed by atoms with Crippen molar-refractivity contribution in [2.45, 2.75) is 25.3 Å². The van der Waals surface area contributed by atoms with E-state index in [-0.39, 0.29) is 30.1 Å². The van der Waals surface area contributed by atoms with E-state index in [0.29, 0.717) is 30.3 Å². The van der Waals surface area contributed by atoms with Gasteiger partial charge in [-0.25, -0.2) is 12.8 Å². The van der Waals surface area contributed by atoms with Crippen LogP contribution in [0.15, 0.2) is 41.3 Å². The third-order valence-corrected chi connectivity index (χ3v) is 6.66. The fourth-order valence-electron chi connectivity index (χ4n) is 3.10. The lowest BCUT2D eigenvalue weighted by Crippen LogP contribution is -2.31. The van der Waals surface area contributed by atoms with Crippen molar-refractivity contribution in [3.63, 3.8) is 0 Å². The Morgan fingerprint density at radius 2 is 1.86 bits per heavy atom. The first-order valence-corrected chi connectivity index (χ1v) is 10.8. The number of hydrogen-bond acceptors (Lipinski definition) is 5. The molecule has 1 aliphatic rings. The number of nitrogens with zero attached hydrogens (tertiary/aromatic N) is 1. The SMILES string of the molecule is CCN(CC)S(=O)(=O)c1ccc(F)c(C(=O)NCc2cccc3c2OCCO3)c1. The molecule has 156 valence electrons. The molecule has 0 saturated heterocycles. The van der Waals surface area contributed by atoms with Gasteiger partial charge in [0.25, 0.3) is 5.91 Å². The number of halogens is 1. The number of amides is 1. The van der Waals surface area contributed by atoms with E-state index >= 15 is 0 Å². The van der Waals surface area contributed by atoms with E-state index in [9.17, 15) is 17.6 Å². The van der Waals surface area contributed by atoms with Crippen LogP contribution in [-0.2, 0) is 16.6 Å². The summed E-state index contributed by atoms with van der Waals surface area (Å²) in [5.41, 5.74) is 0.350. The van der Waals surface area contributed by atoms with Crippen LogP contribution in [0.25, 0.3) is 0 Å². The Morgan fingerprint density at radius 3 is 2.59 bits per heavy atom. The Morgan fingerprint density at radius 1 is 1.14 bits per heavy atom. The Balaban J connectivity index is 1.82. The summed E-state index contributed by atoms with van der Waals surface area (Å²) in [6, 6.07) is 8.53. The average molecular weight is 422 g/mol. The first-order chi connectivity index (χ1) is 13.9. The second-order valence-electron chi connectivity index (χ2n) is 6.35. The quantitative estimate of drug-likeness (QED) is 0.741. The van der Waals surface area contributed by atoms with Crippen molar-refractivity contribution < 1.29 is 27.1 Å². The highest BCUT2D eigenvalue weighted by atomic mass is 32.2. The molecule has 3 rings (SSSR count). The minimum absolute atomic E-state index is 0.0812.